The first-order chi connectivity index (χ1) is 5.15. The molecule has 11 heavy (non-hydrogen) atoms. The number of furan rings is 1. The fraction of sp³-hybridized carbons (Fsp3) is 0.286. The topological polar surface area (TPSA) is 50.4 Å². The first kappa shape index (κ1) is 8.14. The van der Waals surface area contributed by atoms with Crippen LogP contribution in [0.15, 0.2) is 10.5 Å². The number of aryl methyl sites for hydroxylation is 1. The second-order valence-corrected chi connectivity index (χ2v) is 2.40. The van der Waals surface area contributed by atoms with Crippen LogP contribution in [0.4, 0.5) is 0 Å². The van der Waals surface area contributed by atoms with Crippen LogP contribution < -0.4 is 0 Å². The van der Waals surface area contributed by atoms with Crippen molar-refractivity contribution in [2.45, 2.75) is 12.8 Å². The van der Waals surface area contributed by atoms with Gasteiger partial charge in [0.15, 0.2) is 0 Å². The quantitative estimate of drug-likeness (QED) is 0.698. The molecular formula is C7H7ClO3. The van der Waals surface area contributed by atoms with Gasteiger partial charge in [-0.2, -0.15) is 0 Å². The Hall–Kier alpha value is -0.960. The molecule has 1 N–H and O–H groups in total. The van der Waals surface area contributed by atoms with Crippen LogP contribution in [0, 0.1) is 6.92 Å². The third-order valence-electron chi connectivity index (χ3n) is 1.38. The van der Waals surface area contributed by atoms with Crippen LogP contribution in [-0.4, -0.2) is 11.1 Å². The summed E-state index contributed by atoms with van der Waals surface area (Å²) in [6.45, 7) is 1.68. The minimum Gasteiger partial charge on any atom is -0.475 e. The Bertz CT molecular complexity index is 277. The summed E-state index contributed by atoms with van der Waals surface area (Å²) in [5, 5.41) is 8.48. The van der Waals surface area contributed by atoms with Crippen molar-refractivity contribution in [3.8, 4) is 0 Å². The molecule has 0 amide bonds. The molecule has 1 aromatic heterocycles. The molecule has 0 unspecified atom stereocenters. The predicted octanol–water partition coefficient (Wildman–Crippen LogP) is 2.03. The molecule has 4 heteroatoms. The van der Waals surface area contributed by atoms with E-state index in [0.717, 1.165) is 5.56 Å². The summed E-state index contributed by atoms with van der Waals surface area (Å²) >= 11 is 5.50. The van der Waals surface area contributed by atoms with Gasteiger partial charge in [0.2, 0.25) is 5.76 Å². The van der Waals surface area contributed by atoms with Crippen molar-refractivity contribution in [3.05, 3.63) is 23.2 Å². The van der Waals surface area contributed by atoms with E-state index < -0.39 is 5.97 Å². The third kappa shape index (κ3) is 1.54. The van der Waals surface area contributed by atoms with Gasteiger partial charge in [0.1, 0.15) is 5.76 Å². The number of carboxylic acids is 1. The van der Waals surface area contributed by atoms with Crippen LogP contribution >= 0.6 is 11.6 Å². The van der Waals surface area contributed by atoms with Gasteiger partial charge in [-0.25, -0.2) is 4.79 Å². The maximum Gasteiger partial charge on any atom is 0.371 e. The summed E-state index contributed by atoms with van der Waals surface area (Å²) in [7, 11) is 0. The van der Waals surface area contributed by atoms with E-state index in [9.17, 15) is 4.79 Å². The standard InChI is InChI=1S/C7H7ClO3/c1-4-5(3-8)2-6(11-4)7(9)10/h2H,3H2,1H3,(H,9,10). The lowest BCUT2D eigenvalue weighted by Gasteiger charge is -1.85. The van der Waals surface area contributed by atoms with Crippen LogP contribution in [0.1, 0.15) is 21.9 Å². The lowest BCUT2D eigenvalue weighted by Crippen LogP contribution is -1.91. The van der Waals surface area contributed by atoms with Crippen LogP contribution in [0.2, 0.25) is 0 Å². The number of alkyl halides is 1. The Morgan fingerprint density at radius 1 is 1.82 bits per heavy atom. The number of hydrogen-bond donors (Lipinski definition) is 1. The second kappa shape index (κ2) is 2.96. The number of carbonyl (C=O) groups is 1. The number of hydrogen-bond acceptors (Lipinski definition) is 2. The van der Waals surface area contributed by atoms with E-state index in [-0.39, 0.29) is 11.6 Å². The molecule has 1 aromatic rings. The van der Waals surface area contributed by atoms with Gasteiger partial charge in [0.05, 0.1) is 5.88 Å². The fourth-order valence-corrected chi connectivity index (χ4v) is 1.02. The van der Waals surface area contributed by atoms with Gasteiger partial charge < -0.3 is 9.52 Å². The van der Waals surface area contributed by atoms with E-state index in [2.05, 4.69) is 0 Å². The largest absolute Gasteiger partial charge is 0.475 e. The monoisotopic (exact) mass is 174 g/mol. The zero-order valence-electron chi connectivity index (χ0n) is 5.93. The molecule has 0 saturated carbocycles. The van der Waals surface area contributed by atoms with Crippen molar-refractivity contribution in [1.82, 2.24) is 0 Å². The van der Waals surface area contributed by atoms with Gasteiger partial charge >= 0.3 is 5.97 Å². The highest BCUT2D eigenvalue weighted by atomic mass is 35.5. The van der Waals surface area contributed by atoms with Crippen molar-refractivity contribution in [2.75, 3.05) is 0 Å². The maximum atomic E-state index is 10.3. The number of halogens is 1. The van der Waals surface area contributed by atoms with E-state index >= 15 is 0 Å². The molecule has 0 aromatic carbocycles. The maximum absolute atomic E-state index is 10.3. The van der Waals surface area contributed by atoms with Crippen LogP contribution in [-0.2, 0) is 5.88 Å². The summed E-state index contributed by atoms with van der Waals surface area (Å²) < 4.78 is 4.88. The Kier molecular flexibility index (Phi) is 2.19. The van der Waals surface area contributed by atoms with Crippen molar-refractivity contribution in [3.63, 3.8) is 0 Å². The molecule has 0 aliphatic heterocycles. The van der Waals surface area contributed by atoms with Crippen LogP contribution in [0.25, 0.3) is 0 Å². The smallest absolute Gasteiger partial charge is 0.371 e. The molecule has 60 valence electrons. The Labute approximate surface area is 68.6 Å². The highest BCUT2D eigenvalue weighted by Crippen LogP contribution is 2.16. The van der Waals surface area contributed by atoms with E-state index in [4.69, 9.17) is 21.1 Å². The second-order valence-electron chi connectivity index (χ2n) is 2.13. The first-order valence-corrected chi connectivity index (χ1v) is 3.57. The Balaban J connectivity index is 3.05. The van der Waals surface area contributed by atoms with Crippen molar-refractivity contribution in [1.29, 1.82) is 0 Å². The summed E-state index contributed by atoms with van der Waals surface area (Å²) in [4.78, 5) is 10.3. The molecule has 0 radical (unpaired) electrons. The molecule has 0 spiro atoms. The van der Waals surface area contributed by atoms with E-state index in [1.807, 2.05) is 0 Å². The summed E-state index contributed by atoms with van der Waals surface area (Å²) in [5.74, 6) is -0.275. The fourth-order valence-electron chi connectivity index (χ4n) is 0.758. The van der Waals surface area contributed by atoms with Crippen molar-refractivity contribution >= 4 is 17.6 Å². The lowest BCUT2D eigenvalue weighted by molar-refractivity contribution is 0.0661. The van der Waals surface area contributed by atoms with Gasteiger partial charge in [-0.05, 0) is 13.0 Å². The molecular weight excluding hydrogens is 168 g/mol. The van der Waals surface area contributed by atoms with E-state index in [1.54, 1.807) is 6.92 Å². The lowest BCUT2D eigenvalue weighted by atomic mass is 10.3. The third-order valence-corrected chi connectivity index (χ3v) is 1.66. The Morgan fingerprint density at radius 2 is 2.45 bits per heavy atom. The van der Waals surface area contributed by atoms with Gasteiger partial charge in [-0.1, -0.05) is 0 Å². The van der Waals surface area contributed by atoms with Crippen molar-refractivity contribution in [2.24, 2.45) is 0 Å². The molecule has 3 nitrogen and oxygen atoms in total. The van der Waals surface area contributed by atoms with Crippen molar-refractivity contribution < 1.29 is 14.3 Å². The van der Waals surface area contributed by atoms with E-state index in [0.29, 0.717) is 5.76 Å². The molecule has 0 aliphatic carbocycles. The minimum absolute atomic E-state index is 0.0573. The summed E-state index contributed by atoms with van der Waals surface area (Å²) in [5.41, 5.74) is 0.726. The summed E-state index contributed by atoms with van der Waals surface area (Å²) in [6.07, 6.45) is 0. The number of carboxylic acid groups (broad SMARTS) is 1. The average Bonchev–Trinajstić information content (AvgIpc) is 2.31. The van der Waals surface area contributed by atoms with Gasteiger partial charge in [0, 0.05) is 5.56 Å². The highest BCUT2D eigenvalue weighted by molar-refractivity contribution is 6.17. The molecule has 0 saturated heterocycles. The van der Waals surface area contributed by atoms with Crippen LogP contribution in [0.5, 0.6) is 0 Å². The molecule has 0 bridgehead atoms. The van der Waals surface area contributed by atoms with Gasteiger partial charge in [-0.15, -0.1) is 11.6 Å². The minimum atomic E-state index is -1.07. The average molecular weight is 175 g/mol. The first-order valence-electron chi connectivity index (χ1n) is 3.03. The SMILES string of the molecule is Cc1oc(C(=O)O)cc1CCl. The predicted molar refractivity (Wildman–Crippen MR) is 40.0 cm³/mol. The number of rotatable bonds is 2. The number of aromatic carboxylic acids is 1. The Morgan fingerprint density at radius 3 is 2.73 bits per heavy atom. The van der Waals surface area contributed by atoms with Gasteiger partial charge in [0.25, 0.3) is 0 Å². The zero-order valence-corrected chi connectivity index (χ0v) is 6.68. The molecule has 1 rings (SSSR count). The summed E-state index contributed by atoms with van der Waals surface area (Å²) in [6, 6.07) is 1.44. The highest BCUT2D eigenvalue weighted by Gasteiger charge is 2.11. The molecule has 0 atom stereocenters. The normalized spacial score (nSPS) is 10.0. The molecule has 0 fully saturated rings. The van der Waals surface area contributed by atoms with Gasteiger partial charge in [-0.3, -0.25) is 0 Å². The van der Waals surface area contributed by atoms with Crippen LogP contribution in [0.3, 0.4) is 0 Å². The molecule has 0 aliphatic rings. The van der Waals surface area contributed by atoms with E-state index in [1.165, 1.54) is 6.07 Å². The zero-order chi connectivity index (χ0) is 8.43. The molecule has 1 heterocycles.